The molecule has 2 rings (SSSR count). The molecule has 8 heteroatoms. The van der Waals surface area contributed by atoms with E-state index in [0.717, 1.165) is 12.1 Å². The van der Waals surface area contributed by atoms with E-state index < -0.39 is 29.6 Å². The molecule has 0 fully saturated rings. The quantitative estimate of drug-likeness (QED) is 0.664. The first kappa shape index (κ1) is 22.1. The van der Waals surface area contributed by atoms with Crippen molar-refractivity contribution < 1.29 is 32.6 Å². The first-order chi connectivity index (χ1) is 13.7. The van der Waals surface area contributed by atoms with Crippen LogP contribution < -0.4 is 14.8 Å². The number of esters is 1. The van der Waals surface area contributed by atoms with Crippen LogP contribution in [0, 0.1) is 17.6 Å². The molecule has 0 aliphatic rings. The SMILES string of the molecule is COc1cc(C(=O)O[C@@H](C)C(=O)Nc2ccc(F)c(F)c2)ccc1OCC(C)C. The zero-order valence-electron chi connectivity index (χ0n) is 16.6. The molecule has 2 aromatic rings. The summed E-state index contributed by atoms with van der Waals surface area (Å²) in [5.74, 6) is -2.39. The molecular weight excluding hydrogens is 384 g/mol. The van der Waals surface area contributed by atoms with Crippen LogP contribution in [0.25, 0.3) is 0 Å². The van der Waals surface area contributed by atoms with Gasteiger partial charge in [0.15, 0.2) is 29.2 Å². The summed E-state index contributed by atoms with van der Waals surface area (Å²) < 4.78 is 42.2. The number of hydrogen-bond donors (Lipinski definition) is 1. The van der Waals surface area contributed by atoms with Crippen LogP contribution in [-0.4, -0.2) is 31.7 Å². The fourth-order valence-corrected chi connectivity index (χ4v) is 2.27. The van der Waals surface area contributed by atoms with Crippen molar-refractivity contribution in [3.05, 3.63) is 53.6 Å². The molecule has 156 valence electrons. The van der Waals surface area contributed by atoms with Gasteiger partial charge in [-0.3, -0.25) is 4.79 Å². The summed E-state index contributed by atoms with van der Waals surface area (Å²) >= 11 is 0. The molecule has 0 spiro atoms. The summed E-state index contributed by atoms with van der Waals surface area (Å²) in [6.45, 7) is 5.86. The standard InChI is InChI=1S/C21H23F2NO5/c1-12(2)11-28-18-8-5-14(9-19(18)27-4)21(26)29-13(3)20(25)24-15-6-7-16(22)17(23)10-15/h5-10,12-13H,11H2,1-4H3,(H,24,25)/t13-/m0/s1. The normalized spacial score (nSPS) is 11.7. The maximum absolute atomic E-state index is 13.2. The highest BCUT2D eigenvalue weighted by Gasteiger charge is 2.21. The predicted octanol–water partition coefficient (Wildman–Crippen LogP) is 4.19. The molecule has 0 aromatic heterocycles. The van der Waals surface area contributed by atoms with Gasteiger partial charge in [-0.2, -0.15) is 0 Å². The minimum absolute atomic E-state index is 0.0464. The van der Waals surface area contributed by atoms with Gasteiger partial charge < -0.3 is 19.5 Å². The minimum Gasteiger partial charge on any atom is -0.493 e. The van der Waals surface area contributed by atoms with E-state index in [9.17, 15) is 18.4 Å². The van der Waals surface area contributed by atoms with E-state index in [1.54, 1.807) is 6.07 Å². The van der Waals surface area contributed by atoms with Crippen molar-refractivity contribution in [1.82, 2.24) is 0 Å². The van der Waals surface area contributed by atoms with Crippen molar-refractivity contribution in [1.29, 1.82) is 0 Å². The van der Waals surface area contributed by atoms with Gasteiger partial charge in [-0.15, -0.1) is 0 Å². The van der Waals surface area contributed by atoms with E-state index in [1.165, 1.54) is 32.2 Å². The summed E-state index contributed by atoms with van der Waals surface area (Å²) in [5.41, 5.74) is 0.219. The van der Waals surface area contributed by atoms with Crippen molar-refractivity contribution in [3.63, 3.8) is 0 Å². The van der Waals surface area contributed by atoms with Gasteiger partial charge in [-0.1, -0.05) is 13.8 Å². The number of methoxy groups -OCH3 is 1. The van der Waals surface area contributed by atoms with Crippen LogP contribution in [0.5, 0.6) is 11.5 Å². The lowest BCUT2D eigenvalue weighted by molar-refractivity contribution is -0.123. The topological polar surface area (TPSA) is 73.9 Å². The Morgan fingerprint density at radius 2 is 1.72 bits per heavy atom. The van der Waals surface area contributed by atoms with Gasteiger partial charge in [0.25, 0.3) is 5.91 Å². The van der Waals surface area contributed by atoms with E-state index in [1.807, 2.05) is 13.8 Å². The molecule has 0 aliphatic carbocycles. The van der Waals surface area contributed by atoms with E-state index in [2.05, 4.69) is 5.32 Å². The zero-order valence-corrected chi connectivity index (χ0v) is 16.6. The zero-order chi connectivity index (χ0) is 21.6. The third-order valence-corrected chi connectivity index (χ3v) is 3.81. The van der Waals surface area contributed by atoms with Crippen molar-refractivity contribution >= 4 is 17.6 Å². The lowest BCUT2D eigenvalue weighted by atomic mass is 10.2. The number of amides is 1. The van der Waals surface area contributed by atoms with Crippen molar-refractivity contribution in [2.24, 2.45) is 5.92 Å². The Morgan fingerprint density at radius 3 is 2.34 bits per heavy atom. The minimum atomic E-state index is -1.17. The van der Waals surface area contributed by atoms with E-state index in [4.69, 9.17) is 14.2 Å². The molecule has 2 aromatic carbocycles. The van der Waals surface area contributed by atoms with Crippen LogP contribution in [0.1, 0.15) is 31.1 Å². The number of carbonyl (C=O) groups excluding carboxylic acids is 2. The summed E-state index contributed by atoms with van der Waals surface area (Å²) in [6, 6.07) is 7.47. The number of rotatable bonds is 8. The van der Waals surface area contributed by atoms with Crippen LogP contribution in [0.15, 0.2) is 36.4 Å². The molecule has 29 heavy (non-hydrogen) atoms. The second-order valence-corrected chi connectivity index (χ2v) is 6.74. The van der Waals surface area contributed by atoms with Gasteiger partial charge in [0, 0.05) is 11.8 Å². The molecule has 0 bridgehead atoms. The summed E-state index contributed by atoms with van der Waals surface area (Å²) in [4.78, 5) is 24.5. The maximum atomic E-state index is 13.2. The van der Waals surface area contributed by atoms with Gasteiger partial charge in [0.2, 0.25) is 0 Å². The Bertz CT molecular complexity index is 885. The molecule has 0 saturated carbocycles. The highest BCUT2D eigenvalue weighted by atomic mass is 19.2. The van der Waals surface area contributed by atoms with Crippen LogP contribution in [0.4, 0.5) is 14.5 Å². The maximum Gasteiger partial charge on any atom is 0.339 e. The molecule has 6 nitrogen and oxygen atoms in total. The fraction of sp³-hybridized carbons (Fsp3) is 0.333. The number of anilines is 1. The van der Waals surface area contributed by atoms with Gasteiger partial charge in [0.1, 0.15) is 0 Å². The second kappa shape index (κ2) is 9.86. The van der Waals surface area contributed by atoms with Crippen LogP contribution in [0.2, 0.25) is 0 Å². The average Bonchev–Trinajstić information content (AvgIpc) is 2.68. The number of halogens is 2. The highest BCUT2D eigenvalue weighted by Crippen LogP contribution is 2.29. The molecule has 1 atom stereocenters. The summed E-state index contributed by atoms with van der Waals surface area (Å²) in [5, 5.41) is 2.36. The van der Waals surface area contributed by atoms with Crippen LogP contribution in [0.3, 0.4) is 0 Å². The third-order valence-electron chi connectivity index (χ3n) is 3.81. The molecule has 0 unspecified atom stereocenters. The molecule has 0 saturated heterocycles. The van der Waals surface area contributed by atoms with Gasteiger partial charge in [-0.05, 0) is 43.2 Å². The first-order valence-corrected chi connectivity index (χ1v) is 8.99. The van der Waals surface area contributed by atoms with Gasteiger partial charge in [-0.25, -0.2) is 13.6 Å². The molecule has 1 amide bonds. The number of ether oxygens (including phenoxy) is 3. The second-order valence-electron chi connectivity index (χ2n) is 6.74. The number of carbonyl (C=O) groups is 2. The Kier molecular flexibility index (Phi) is 7.52. The van der Waals surface area contributed by atoms with Gasteiger partial charge in [0.05, 0.1) is 19.3 Å². The highest BCUT2D eigenvalue weighted by molar-refractivity contribution is 5.97. The molecule has 1 N–H and O–H groups in total. The number of benzene rings is 2. The van der Waals surface area contributed by atoms with Crippen molar-refractivity contribution in [2.45, 2.75) is 26.9 Å². The number of hydrogen-bond acceptors (Lipinski definition) is 5. The summed E-state index contributed by atoms with van der Waals surface area (Å²) in [6.07, 6.45) is -1.17. The molecule has 0 aliphatic heterocycles. The van der Waals surface area contributed by atoms with E-state index in [-0.39, 0.29) is 11.3 Å². The first-order valence-electron chi connectivity index (χ1n) is 8.99. The molecule has 0 heterocycles. The monoisotopic (exact) mass is 407 g/mol. The summed E-state index contributed by atoms with van der Waals surface area (Å²) in [7, 11) is 1.45. The lowest BCUT2D eigenvalue weighted by Gasteiger charge is -2.15. The van der Waals surface area contributed by atoms with Crippen LogP contribution >= 0.6 is 0 Å². The smallest absolute Gasteiger partial charge is 0.339 e. The largest absolute Gasteiger partial charge is 0.493 e. The number of nitrogens with one attached hydrogen (secondary N) is 1. The average molecular weight is 407 g/mol. The van der Waals surface area contributed by atoms with Crippen molar-refractivity contribution in [2.75, 3.05) is 19.0 Å². The molecule has 0 radical (unpaired) electrons. The Balaban J connectivity index is 2.02. The Hall–Kier alpha value is -3.16. The Morgan fingerprint density at radius 1 is 1.00 bits per heavy atom. The molecular formula is C21H23F2NO5. The third kappa shape index (κ3) is 6.17. The predicted molar refractivity (Wildman–Crippen MR) is 103 cm³/mol. The lowest BCUT2D eigenvalue weighted by Crippen LogP contribution is -2.30. The van der Waals surface area contributed by atoms with E-state index in [0.29, 0.717) is 24.0 Å². The van der Waals surface area contributed by atoms with Crippen LogP contribution in [-0.2, 0) is 9.53 Å². The van der Waals surface area contributed by atoms with E-state index >= 15 is 0 Å². The fourth-order valence-electron chi connectivity index (χ4n) is 2.27. The van der Waals surface area contributed by atoms with Crippen molar-refractivity contribution in [3.8, 4) is 11.5 Å². The Labute approximate surface area is 167 Å². The van der Waals surface area contributed by atoms with Gasteiger partial charge >= 0.3 is 5.97 Å².